The Hall–Kier alpha value is -2.73. The second-order valence-corrected chi connectivity index (χ2v) is 8.87. The van der Waals surface area contributed by atoms with Gasteiger partial charge in [-0.25, -0.2) is 4.98 Å². The molecule has 0 bridgehead atoms. The summed E-state index contributed by atoms with van der Waals surface area (Å²) < 4.78 is 1.20. The van der Waals surface area contributed by atoms with Crippen molar-refractivity contribution < 1.29 is 9.59 Å². The number of aromatic nitrogens is 1. The third-order valence-electron chi connectivity index (χ3n) is 5.85. The lowest BCUT2D eigenvalue weighted by Crippen LogP contribution is -2.39. The van der Waals surface area contributed by atoms with Crippen molar-refractivity contribution >= 4 is 39.1 Å². The summed E-state index contributed by atoms with van der Waals surface area (Å²) in [4.78, 5) is 33.8. The van der Waals surface area contributed by atoms with E-state index >= 15 is 0 Å². The molecule has 3 heterocycles. The van der Waals surface area contributed by atoms with Crippen molar-refractivity contribution in [1.29, 1.82) is 0 Å². The summed E-state index contributed by atoms with van der Waals surface area (Å²) in [6, 6.07) is 15.7. The van der Waals surface area contributed by atoms with Crippen LogP contribution < -0.4 is 4.90 Å². The number of hydrogen-bond acceptors (Lipinski definition) is 4. The van der Waals surface area contributed by atoms with Gasteiger partial charge in [-0.05, 0) is 49.6 Å². The van der Waals surface area contributed by atoms with E-state index in [4.69, 9.17) is 4.98 Å². The van der Waals surface area contributed by atoms with Crippen LogP contribution in [0.4, 0.5) is 5.69 Å². The van der Waals surface area contributed by atoms with Crippen molar-refractivity contribution in [3.05, 3.63) is 59.1 Å². The number of para-hydroxylation sites is 1. The molecule has 29 heavy (non-hydrogen) atoms. The van der Waals surface area contributed by atoms with Gasteiger partial charge in [-0.2, -0.15) is 0 Å². The Balaban J connectivity index is 1.35. The van der Waals surface area contributed by atoms with E-state index in [0.29, 0.717) is 18.5 Å². The molecule has 5 nitrogen and oxygen atoms in total. The summed E-state index contributed by atoms with van der Waals surface area (Å²) in [6.07, 6.45) is 3.52. The zero-order chi connectivity index (χ0) is 19.8. The third-order valence-corrected chi connectivity index (χ3v) is 7.05. The second kappa shape index (κ2) is 7.59. The van der Waals surface area contributed by atoms with Gasteiger partial charge in [0, 0.05) is 43.2 Å². The van der Waals surface area contributed by atoms with E-state index < -0.39 is 0 Å². The average molecular weight is 406 g/mol. The number of anilines is 1. The summed E-state index contributed by atoms with van der Waals surface area (Å²) in [5.41, 5.74) is 2.53. The Morgan fingerprint density at radius 2 is 1.97 bits per heavy atom. The van der Waals surface area contributed by atoms with Gasteiger partial charge in [0.15, 0.2) is 0 Å². The van der Waals surface area contributed by atoms with Crippen LogP contribution in [0.1, 0.15) is 47.0 Å². The highest BCUT2D eigenvalue weighted by molar-refractivity contribution is 7.18. The van der Waals surface area contributed by atoms with Crippen LogP contribution in [-0.4, -0.2) is 41.3 Å². The summed E-state index contributed by atoms with van der Waals surface area (Å²) in [5, 5.41) is 1.13. The average Bonchev–Trinajstić information content (AvgIpc) is 3.39. The van der Waals surface area contributed by atoms with Crippen molar-refractivity contribution in [3.63, 3.8) is 0 Å². The summed E-state index contributed by atoms with van der Waals surface area (Å²) >= 11 is 1.74. The summed E-state index contributed by atoms with van der Waals surface area (Å²) in [7, 11) is 0. The van der Waals surface area contributed by atoms with E-state index in [-0.39, 0.29) is 17.7 Å². The van der Waals surface area contributed by atoms with Gasteiger partial charge in [-0.3, -0.25) is 9.59 Å². The van der Waals surface area contributed by atoms with E-state index in [1.807, 2.05) is 47.4 Å². The molecule has 2 aliphatic heterocycles. The van der Waals surface area contributed by atoms with Crippen LogP contribution >= 0.6 is 11.3 Å². The molecule has 2 fully saturated rings. The third kappa shape index (κ3) is 3.53. The minimum atomic E-state index is 0.0457. The smallest absolute Gasteiger partial charge is 0.253 e. The predicted octanol–water partition coefficient (Wildman–Crippen LogP) is 4.44. The Kier molecular flexibility index (Phi) is 4.79. The number of likely N-dealkylation sites (tertiary alicyclic amines) is 1. The number of nitrogens with zero attached hydrogens (tertiary/aromatic N) is 3. The van der Waals surface area contributed by atoms with Gasteiger partial charge in [0.2, 0.25) is 5.91 Å². The van der Waals surface area contributed by atoms with Crippen molar-refractivity contribution in [3.8, 4) is 0 Å². The van der Waals surface area contributed by atoms with E-state index in [9.17, 15) is 9.59 Å². The van der Waals surface area contributed by atoms with Crippen LogP contribution in [0.15, 0.2) is 48.5 Å². The maximum absolute atomic E-state index is 13.2. The number of amides is 2. The first-order valence-electron chi connectivity index (χ1n) is 10.2. The molecule has 0 aliphatic carbocycles. The number of carbonyl (C=O) groups excluding carboxylic acids is 2. The molecule has 2 aromatic carbocycles. The number of carbonyl (C=O) groups is 2. The molecule has 6 heteroatoms. The molecule has 5 rings (SSSR count). The van der Waals surface area contributed by atoms with Crippen molar-refractivity contribution in [2.24, 2.45) is 0 Å². The van der Waals surface area contributed by atoms with E-state index in [1.54, 1.807) is 16.2 Å². The fourth-order valence-corrected chi connectivity index (χ4v) is 5.43. The molecule has 2 saturated heterocycles. The normalized spacial score (nSPS) is 19.9. The van der Waals surface area contributed by atoms with Crippen LogP contribution in [0, 0.1) is 0 Å². The molecule has 2 aliphatic rings. The molecule has 0 spiro atoms. The number of hydrogen-bond donors (Lipinski definition) is 0. The quantitative estimate of drug-likeness (QED) is 0.647. The molecule has 1 aromatic heterocycles. The molecule has 0 saturated carbocycles. The standard InChI is InChI=1S/C23H23N3O2S/c27-21-11-5-13-26(21)18-8-3-6-16(14-18)23(28)25-12-4-7-17(15-25)22-24-19-9-1-2-10-20(19)29-22/h1-3,6,8-10,14,17H,4-5,7,11-13,15H2. The largest absolute Gasteiger partial charge is 0.338 e. The fourth-order valence-electron chi connectivity index (χ4n) is 4.34. The highest BCUT2D eigenvalue weighted by atomic mass is 32.1. The van der Waals surface area contributed by atoms with E-state index in [1.165, 1.54) is 4.70 Å². The highest BCUT2D eigenvalue weighted by Gasteiger charge is 2.28. The van der Waals surface area contributed by atoms with Gasteiger partial charge in [0.05, 0.1) is 15.2 Å². The van der Waals surface area contributed by atoms with Gasteiger partial charge in [-0.15, -0.1) is 11.3 Å². The SMILES string of the molecule is O=C(c1cccc(N2CCCC2=O)c1)N1CCCC(c2nc3ccccc3s2)C1. The lowest BCUT2D eigenvalue weighted by atomic mass is 9.98. The number of benzene rings is 2. The van der Waals surface area contributed by atoms with Crippen LogP contribution in [0.3, 0.4) is 0 Å². The van der Waals surface area contributed by atoms with Gasteiger partial charge in [0.25, 0.3) is 5.91 Å². The molecule has 2 amide bonds. The van der Waals surface area contributed by atoms with Crippen LogP contribution in [0.2, 0.25) is 0 Å². The summed E-state index contributed by atoms with van der Waals surface area (Å²) in [6.45, 7) is 2.21. The Bertz CT molecular complexity index is 1040. The fraction of sp³-hybridized carbons (Fsp3) is 0.348. The van der Waals surface area contributed by atoms with E-state index in [2.05, 4.69) is 6.07 Å². The maximum Gasteiger partial charge on any atom is 0.253 e. The van der Waals surface area contributed by atoms with Crippen molar-refractivity contribution in [2.75, 3.05) is 24.5 Å². The molecule has 148 valence electrons. The Labute approximate surface area is 174 Å². The first-order valence-corrected chi connectivity index (χ1v) is 11.1. The lowest BCUT2D eigenvalue weighted by molar-refractivity contribution is -0.117. The van der Waals surface area contributed by atoms with Gasteiger partial charge >= 0.3 is 0 Å². The first kappa shape index (κ1) is 18.3. The van der Waals surface area contributed by atoms with Gasteiger partial charge in [-0.1, -0.05) is 18.2 Å². The minimum absolute atomic E-state index is 0.0457. The number of fused-ring (bicyclic) bond motifs is 1. The van der Waals surface area contributed by atoms with Crippen LogP contribution in [-0.2, 0) is 4.79 Å². The predicted molar refractivity (Wildman–Crippen MR) is 116 cm³/mol. The zero-order valence-corrected chi connectivity index (χ0v) is 17.0. The molecule has 3 aromatic rings. The van der Waals surface area contributed by atoms with Crippen molar-refractivity contribution in [2.45, 2.75) is 31.6 Å². The van der Waals surface area contributed by atoms with Crippen molar-refractivity contribution in [1.82, 2.24) is 9.88 Å². The number of rotatable bonds is 3. The second-order valence-electron chi connectivity index (χ2n) is 7.81. The maximum atomic E-state index is 13.2. The Morgan fingerprint density at radius 1 is 1.07 bits per heavy atom. The van der Waals surface area contributed by atoms with Gasteiger partial charge < -0.3 is 9.80 Å². The number of piperidine rings is 1. The highest BCUT2D eigenvalue weighted by Crippen LogP contribution is 2.33. The first-order chi connectivity index (χ1) is 14.2. The molecular weight excluding hydrogens is 382 g/mol. The summed E-state index contributed by atoms with van der Waals surface area (Å²) in [5.74, 6) is 0.473. The zero-order valence-electron chi connectivity index (χ0n) is 16.2. The topological polar surface area (TPSA) is 53.5 Å². The molecule has 1 atom stereocenters. The van der Waals surface area contributed by atoms with Crippen LogP contribution in [0.5, 0.6) is 0 Å². The number of thiazole rings is 1. The minimum Gasteiger partial charge on any atom is -0.338 e. The van der Waals surface area contributed by atoms with Gasteiger partial charge in [0.1, 0.15) is 0 Å². The molecule has 1 unspecified atom stereocenters. The molecule has 0 radical (unpaired) electrons. The Morgan fingerprint density at radius 3 is 2.79 bits per heavy atom. The monoisotopic (exact) mass is 405 g/mol. The van der Waals surface area contributed by atoms with E-state index in [0.717, 1.165) is 48.6 Å². The van der Waals surface area contributed by atoms with Crippen LogP contribution in [0.25, 0.3) is 10.2 Å². The molecule has 0 N–H and O–H groups in total. The lowest BCUT2D eigenvalue weighted by Gasteiger charge is -2.32. The molecular formula is C23H23N3O2S.